The molecule has 2 nitrogen and oxygen atoms in total. The summed E-state index contributed by atoms with van der Waals surface area (Å²) in [4.78, 5) is 2.09. The van der Waals surface area contributed by atoms with Gasteiger partial charge in [-0.25, -0.2) is 4.39 Å². The van der Waals surface area contributed by atoms with Crippen LogP contribution in [0.15, 0.2) is 24.3 Å². The predicted molar refractivity (Wildman–Crippen MR) is 65.7 cm³/mol. The minimum absolute atomic E-state index is 0.197. The lowest BCUT2D eigenvalue weighted by Gasteiger charge is -2.39. The van der Waals surface area contributed by atoms with Crippen LogP contribution in [0.1, 0.15) is 25.8 Å². The second kappa shape index (κ2) is 4.93. The summed E-state index contributed by atoms with van der Waals surface area (Å²) in [5.74, 6) is -0.222. The summed E-state index contributed by atoms with van der Waals surface area (Å²) < 4.78 is 12.9. The largest absolute Gasteiger partial charge is 0.320 e. The molecule has 0 aliphatic rings. The third-order valence-corrected chi connectivity index (χ3v) is 3.49. The monoisotopic (exact) mass is 224 g/mol. The van der Waals surface area contributed by atoms with Crippen LogP contribution in [-0.4, -0.2) is 25.0 Å². The number of hydrogen-bond acceptors (Lipinski definition) is 2. The zero-order chi connectivity index (χ0) is 12.3. The van der Waals surface area contributed by atoms with E-state index in [1.165, 1.54) is 12.1 Å². The number of rotatable bonds is 4. The lowest BCUT2D eigenvalue weighted by atomic mass is 9.81. The first-order chi connectivity index (χ1) is 7.41. The maximum atomic E-state index is 12.9. The smallest absolute Gasteiger partial charge is 0.123 e. The van der Waals surface area contributed by atoms with Crippen LogP contribution in [0.25, 0.3) is 0 Å². The molecule has 0 radical (unpaired) electrons. The van der Waals surface area contributed by atoms with E-state index in [1.54, 1.807) is 12.1 Å². The van der Waals surface area contributed by atoms with Gasteiger partial charge in [0.05, 0.1) is 5.54 Å². The van der Waals surface area contributed by atoms with E-state index in [-0.39, 0.29) is 11.9 Å². The van der Waals surface area contributed by atoms with Gasteiger partial charge in [0, 0.05) is 6.04 Å². The number of hydrogen-bond donors (Lipinski definition) is 1. The Hall–Kier alpha value is -0.930. The normalized spacial score (nSPS) is 17.2. The van der Waals surface area contributed by atoms with E-state index in [0.29, 0.717) is 0 Å². The van der Waals surface area contributed by atoms with Gasteiger partial charge in [0.25, 0.3) is 0 Å². The van der Waals surface area contributed by atoms with Gasteiger partial charge in [0.2, 0.25) is 0 Å². The van der Waals surface area contributed by atoms with Crippen molar-refractivity contribution in [3.63, 3.8) is 0 Å². The molecule has 0 bridgehead atoms. The van der Waals surface area contributed by atoms with Gasteiger partial charge in [0.15, 0.2) is 0 Å². The van der Waals surface area contributed by atoms with Gasteiger partial charge in [0.1, 0.15) is 5.82 Å². The Kier molecular flexibility index (Phi) is 4.05. The molecule has 0 aliphatic heterocycles. The van der Waals surface area contributed by atoms with Crippen molar-refractivity contribution in [2.24, 2.45) is 5.73 Å². The molecule has 16 heavy (non-hydrogen) atoms. The van der Waals surface area contributed by atoms with Crippen molar-refractivity contribution in [2.75, 3.05) is 14.1 Å². The van der Waals surface area contributed by atoms with Gasteiger partial charge in [-0.05, 0) is 45.1 Å². The van der Waals surface area contributed by atoms with Crippen molar-refractivity contribution >= 4 is 0 Å². The quantitative estimate of drug-likeness (QED) is 0.850. The Bertz CT molecular complexity index is 334. The predicted octanol–water partition coefficient (Wildman–Crippen LogP) is 2.34. The highest BCUT2D eigenvalue weighted by Gasteiger charge is 2.33. The first kappa shape index (κ1) is 13.1. The third-order valence-electron chi connectivity index (χ3n) is 3.49. The van der Waals surface area contributed by atoms with Crippen LogP contribution in [0.4, 0.5) is 4.39 Å². The molecule has 1 rings (SSSR count). The van der Waals surface area contributed by atoms with Gasteiger partial charge in [-0.3, -0.25) is 0 Å². The number of halogens is 1. The molecule has 0 spiro atoms. The minimum atomic E-state index is -0.433. The Morgan fingerprint density at radius 2 is 1.81 bits per heavy atom. The molecule has 0 amide bonds. The zero-order valence-electron chi connectivity index (χ0n) is 10.5. The van der Waals surface area contributed by atoms with Crippen molar-refractivity contribution in [1.82, 2.24) is 4.90 Å². The molecule has 1 aromatic carbocycles. The first-order valence-electron chi connectivity index (χ1n) is 5.63. The molecular weight excluding hydrogens is 203 g/mol. The van der Waals surface area contributed by atoms with Crippen molar-refractivity contribution < 1.29 is 4.39 Å². The molecule has 3 heteroatoms. The van der Waals surface area contributed by atoms with Crippen molar-refractivity contribution in [3.05, 3.63) is 35.6 Å². The highest BCUT2D eigenvalue weighted by atomic mass is 19.1. The summed E-state index contributed by atoms with van der Waals surface area (Å²) in [6.45, 7) is 4.15. The first-order valence-corrected chi connectivity index (χ1v) is 5.63. The zero-order valence-corrected chi connectivity index (χ0v) is 10.5. The third kappa shape index (κ3) is 2.42. The summed E-state index contributed by atoms with van der Waals surface area (Å²) in [5, 5.41) is 0. The van der Waals surface area contributed by atoms with Gasteiger partial charge < -0.3 is 10.6 Å². The van der Waals surface area contributed by atoms with E-state index in [9.17, 15) is 4.39 Å². The van der Waals surface area contributed by atoms with E-state index in [0.717, 1.165) is 12.0 Å². The Labute approximate surface area is 97.3 Å². The van der Waals surface area contributed by atoms with Crippen LogP contribution in [0.5, 0.6) is 0 Å². The molecule has 0 heterocycles. The molecule has 2 atom stereocenters. The number of benzene rings is 1. The number of nitrogens with two attached hydrogens (primary N) is 1. The molecule has 1 aromatic rings. The standard InChI is InChI=1S/C13H21FN2/c1-5-13(15,10(2)16(3)4)11-6-8-12(14)9-7-11/h6-10H,5,15H2,1-4H3. The Balaban J connectivity index is 3.09. The van der Waals surface area contributed by atoms with Gasteiger partial charge in [-0.15, -0.1) is 0 Å². The molecule has 0 saturated heterocycles. The second-order valence-corrected chi connectivity index (χ2v) is 4.54. The maximum absolute atomic E-state index is 12.9. The molecule has 2 N–H and O–H groups in total. The summed E-state index contributed by atoms with van der Waals surface area (Å²) in [5.41, 5.74) is 7.00. The maximum Gasteiger partial charge on any atom is 0.123 e. The summed E-state index contributed by atoms with van der Waals surface area (Å²) >= 11 is 0. The second-order valence-electron chi connectivity index (χ2n) is 4.54. The SMILES string of the molecule is CCC(N)(c1ccc(F)cc1)C(C)N(C)C. The molecule has 2 unspecified atom stereocenters. The van der Waals surface area contributed by atoms with Crippen molar-refractivity contribution in [1.29, 1.82) is 0 Å². The fraction of sp³-hybridized carbons (Fsp3) is 0.538. The fourth-order valence-electron chi connectivity index (χ4n) is 1.96. The van der Waals surface area contributed by atoms with E-state index < -0.39 is 5.54 Å². The number of nitrogens with zero attached hydrogens (tertiary/aromatic N) is 1. The van der Waals surface area contributed by atoms with Gasteiger partial charge in [-0.2, -0.15) is 0 Å². The van der Waals surface area contributed by atoms with Gasteiger partial charge in [-0.1, -0.05) is 19.1 Å². The Morgan fingerprint density at radius 3 is 2.19 bits per heavy atom. The highest BCUT2D eigenvalue weighted by Crippen LogP contribution is 2.28. The molecule has 90 valence electrons. The summed E-state index contributed by atoms with van der Waals surface area (Å²) in [6.07, 6.45) is 0.817. The minimum Gasteiger partial charge on any atom is -0.320 e. The lowest BCUT2D eigenvalue weighted by molar-refractivity contribution is 0.187. The van der Waals surface area contributed by atoms with Crippen LogP contribution in [0, 0.1) is 5.82 Å². The molecule has 0 aromatic heterocycles. The van der Waals surface area contributed by atoms with E-state index in [1.807, 2.05) is 14.1 Å². The van der Waals surface area contributed by atoms with Gasteiger partial charge >= 0.3 is 0 Å². The van der Waals surface area contributed by atoms with E-state index in [2.05, 4.69) is 18.7 Å². The molecule has 0 saturated carbocycles. The highest BCUT2D eigenvalue weighted by molar-refractivity contribution is 5.26. The van der Waals surface area contributed by atoms with Crippen LogP contribution < -0.4 is 5.73 Å². The van der Waals surface area contributed by atoms with E-state index in [4.69, 9.17) is 5.73 Å². The van der Waals surface area contributed by atoms with Crippen molar-refractivity contribution in [3.8, 4) is 0 Å². The van der Waals surface area contributed by atoms with E-state index >= 15 is 0 Å². The van der Waals surface area contributed by atoms with Crippen molar-refractivity contribution in [2.45, 2.75) is 31.8 Å². The molecule has 0 aliphatic carbocycles. The average molecular weight is 224 g/mol. The van der Waals surface area contributed by atoms with Crippen LogP contribution >= 0.6 is 0 Å². The number of likely N-dealkylation sites (N-methyl/N-ethyl adjacent to an activating group) is 1. The molecular formula is C13H21FN2. The van der Waals surface area contributed by atoms with Crippen LogP contribution in [-0.2, 0) is 5.54 Å². The van der Waals surface area contributed by atoms with Crippen LogP contribution in [0.3, 0.4) is 0 Å². The fourth-order valence-corrected chi connectivity index (χ4v) is 1.96. The summed E-state index contributed by atoms with van der Waals surface area (Å²) in [7, 11) is 4.01. The Morgan fingerprint density at radius 1 is 1.31 bits per heavy atom. The van der Waals surface area contributed by atoms with Crippen LogP contribution in [0.2, 0.25) is 0 Å². The lowest BCUT2D eigenvalue weighted by Crippen LogP contribution is -2.52. The topological polar surface area (TPSA) is 29.3 Å². The average Bonchev–Trinajstić information content (AvgIpc) is 2.27. The summed E-state index contributed by atoms with van der Waals surface area (Å²) in [6, 6.07) is 6.68. The molecule has 0 fully saturated rings.